The molecule has 104 valence electrons. The predicted molar refractivity (Wildman–Crippen MR) is 83.4 cm³/mol. The fourth-order valence-corrected chi connectivity index (χ4v) is 3.47. The first-order valence-corrected chi connectivity index (χ1v) is 7.59. The number of rotatable bonds is 3. The number of nitrogens with one attached hydrogen (secondary N) is 1. The van der Waals surface area contributed by atoms with Crippen LogP contribution in [0.4, 0.5) is 5.69 Å². The summed E-state index contributed by atoms with van der Waals surface area (Å²) in [7, 11) is 0. The van der Waals surface area contributed by atoms with Crippen molar-refractivity contribution in [3.8, 4) is 0 Å². The molecule has 1 amide bonds. The van der Waals surface area contributed by atoms with Gasteiger partial charge in [0.1, 0.15) is 4.88 Å². The summed E-state index contributed by atoms with van der Waals surface area (Å²) in [5.74, 6) is -1.52. The number of anilines is 1. The van der Waals surface area contributed by atoms with Crippen molar-refractivity contribution in [1.82, 2.24) is 0 Å². The predicted octanol–water partition coefficient (Wildman–Crippen LogP) is 4.77. The highest BCUT2D eigenvalue weighted by Crippen LogP contribution is 2.33. The van der Waals surface area contributed by atoms with E-state index in [1.807, 2.05) is 0 Å². The molecule has 0 fully saturated rings. The lowest BCUT2D eigenvalue weighted by Gasteiger charge is -2.09. The fourth-order valence-electron chi connectivity index (χ4n) is 1.44. The van der Waals surface area contributed by atoms with Gasteiger partial charge in [0.15, 0.2) is 0 Å². The monoisotopic (exact) mass is 393 g/mol. The number of amides is 1. The quantitative estimate of drug-likeness (QED) is 0.787. The SMILES string of the molecule is O=C(O)c1cc(Cl)c(NC(=O)c2sccc2Br)c(Cl)c1. The lowest BCUT2D eigenvalue weighted by Crippen LogP contribution is -2.12. The topological polar surface area (TPSA) is 66.4 Å². The van der Waals surface area contributed by atoms with Gasteiger partial charge in [-0.2, -0.15) is 0 Å². The van der Waals surface area contributed by atoms with Gasteiger partial charge in [0.25, 0.3) is 5.91 Å². The molecule has 4 nitrogen and oxygen atoms in total. The second-order valence-corrected chi connectivity index (χ2v) is 6.26. The van der Waals surface area contributed by atoms with Crippen LogP contribution >= 0.6 is 50.5 Å². The third kappa shape index (κ3) is 3.15. The number of carbonyl (C=O) groups excluding carboxylic acids is 1. The average Bonchev–Trinajstić information content (AvgIpc) is 2.79. The van der Waals surface area contributed by atoms with E-state index < -0.39 is 5.97 Å². The van der Waals surface area contributed by atoms with Gasteiger partial charge in [-0.15, -0.1) is 11.3 Å². The lowest BCUT2D eigenvalue weighted by molar-refractivity contribution is 0.0696. The number of hydrogen-bond donors (Lipinski definition) is 2. The van der Waals surface area contributed by atoms with E-state index in [9.17, 15) is 9.59 Å². The number of aromatic carboxylic acids is 1. The van der Waals surface area contributed by atoms with E-state index in [0.717, 1.165) is 0 Å². The Hall–Kier alpha value is -1.08. The van der Waals surface area contributed by atoms with E-state index >= 15 is 0 Å². The van der Waals surface area contributed by atoms with Crippen LogP contribution in [-0.4, -0.2) is 17.0 Å². The minimum Gasteiger partial charge on any atom is -0.478 e. The molecule has 1 aromatic heterocycles. The van der Waals surface area contributed by atoms with Crippen molar-refractivity contribution in [2.75, 3.05) is 5.32 Å². The number of benzene rings is 1. The Kier molecular flexibility index (Phi) is 4.70. The molecule has 8 heteroatoms. The van der Waals surface area contributed by atoms with Crippen LogP contribution in [0.2, 0.25) is 10.0 Å². The first-order chi connectivity index (χ1) is 9.40. The van der Waals surface area contributed by atoms with Gasteiger partial charge < -0.3 is 10.4 Å². The maximum atomic E-state index is 12.1. The summed E-state index contributed by atoms with van der Waals surface area (Å²) in [4.78, 5) is 23.4. The van der Waals surface area contributed by atoms with Gasteiger partial charge in [0, 0.05) is 4.47 Å². The van der Waals surface area contributed by atoms with Crippen LogP contribution in [0.3, 0.4) is 0 Å². The Morgan fingerprint density at radius 2 is 1.85 bits per heavy atom. The van der Waals surface area contributed by atoms with Crippen LogP contribution in [0.5, 0.6) is 0 Å². The van der Waals surface area contributed by atoms with Crippen molar-refractivity contribution >= 4 is 68.0 Å². The molecular weight excluding hydrogens is 389 g/mol. The van der Waals surface area contributed by atoms with E-state index in [1.165, 1.54) is 23.5 Å². The van der Waals surface area contributed by atoms with Gasteiger partial charge in [-0.05, 0) is 39.5 Å². The number of carboxylic acid groups (broad SMARTS) is 1. The summed E-state index contributed by atoms with van der Waals surface area (Å²) in [5.41, 5.74) is 0.138. The molecule has 2 aromatic rings. The lowest BCUT2D eigenvalue weighted by atomic mass is 10.2. The van der Waals surface area contributed by atoms with Crippen LogP contribution in [0, 0.1) is 0 Å². The zero-order valence-electron chi connectivity index (χ0n) is 9.62. The highest BCUT2D eigenvalue weighted by molar-refractivity contribution is 9.10. The van der Waals surface area contributed by atoms with Gasteiger partial charge in [0.2, 0.25) is 0 Å². The van der Waals surface area contributed by atoms with Gasteiger partial charge in [0.05, 0.1) is 21.3 Å². The Bertz CT molecular complexity index is 679. The molecule has 0 aliphatic rings. The Morgan fingerprint density at radius 1 is 1.25 bits per heavy atom. The molecular formula is C12H6BrCl2NO3S. The summed E-state index contributed by atoms with van der Waals surface area (Å²) in [6.07, 6.45) is 0. The zero-order chi connectivity index (χ0) is 14.9. The largest absolute Gasteiger partial charge is 0.478 e. The van der Waals surface area contributed by atoms with E-state index in [0.29, 0.717) is 9.35 Å². The molecule has 1 aromatic carbocycles. The van der Waals surface area contributed by atoms with E-state index in [4.69, 9.17) is 28.3 Å². The van der Waals surface area contributed by atoms with Gasteiger partial charge in [-0.1, -0.05) is 23.2 Å². The molecule has 0 spiro atoms. The Morgan fingerprint density at radius 3 is 2.30 bits per heavy atom. The molecule has 0 radical (unpaired) electrons. The second-order valence-electron chi connectivity index (χ2n) is 3.67. The van der Waals surface area contributed by atoms with E-state index in [-0.39, 0.29) is 27.2 Å². The molecule has 0 bridgehead atoms. The van der Waals surface area contributed by atoms with Crippen molar-refractivity contribution in [2.24, 2.45) is 0 Å². The zero-order valence-corrected chi connectivity index (χ0v) is 13.5. The van der Waals surface area contributed by atoms with Crippen molar-refractivity contribution in [1.29, 1.82) is 0 Å². The first-order valence-electron chi connectivity index (χ1n) is 5.17. The van der Waals surface area contributed by atoms with Crippen LogP contribution < -0.4 is 5.32 Å². The smallest absolute Gasteiger partial charge is 0.335 e. The molecule has 0 aliphatic carbocycles. The minimum absolute atomic E-state index is 0.0460. The molecule has 0 atom stereocenters. The van der Waals surface area contributed by atoms with Crippen molar-refractivity contribution in [2.45, 2.75) is 0 Å². The third-order valence-electron chi connectivity index (χ3n) is 2.35. The van der Waals surface area contributed by atoms with Crippen molar-refractivity contribution in [3.63, 3.8) is 0 Å². The molecule has 0 saturated carbocycles. The Labute approximate surface area is 136 Å². The van der Waals surface area contributed by atoms with Crippen LogP contribution in [-0.2, 0) is 0 Å². The number of carboxylic acids is 1. The van der Waals surface area contributed by atoms with Crippen molar-refractivity contribution in [3.05, 3.63) is 48.5 Å². The van der Waals surface area contributed by atoms with Crippen LogP contribution in [0.25, 0.3) is 0 Å². The van der Waals surface area contributed by atoms with Gasteiger partial charge in [-0.25, -0.2) is 4.79 Å². The average molecular weight is 395 g/mol. The number of carbonyl (C=O) groups is 2. The maximum Gasteiger partial charge on any atom is 0.335 e. The highest BCUT2D eigenvalue weighted by Gasteiger charge is 2.17. The summed E-state index contributed by atoms with van der Waals surface area (Å²) in [6, 6.07) is 4.21. The van der Waals surface area contributed by atoms with Crippen molar-refractivity contribution < 1.29 is 14.7 Å². The fraction of sp³-hybridized carbons (Fsp3) is 0. The summed E-state index contributed by atoms with van der Waals surface area (Å²) in [6.45, 7) is 0. The summed E-state index contributed by atoms with van der Waals surface area (Å²) < 4.78 is 0.661. The maximum absolute atomic E-state index is 12.1. The molecule has 1 heterocycles. The molecule has 0 unspecified atom stereocenters. The normalized spacial score (nSPS) is 10.3. The number of halogens is 3. The Balaban J connectivity index is 2.33. The number of hydrogen-bond acceptors (Lipinski definition) is 3. The first kappa shape index (κ1) is 15.3. The molecule has 20 heavy (non-hydrogen) atoms. The summed E-state index contributed by atoms with van der Waals surface area (Å²) >= 11 is 16.4. The van der Waals surface area contributed by atoms with Gasteiger partial charge >= 0.3 is 5.97 Å². The molecule has 2 N–H and O–H groups in total. The van der Waals surface area contributed by atoms with Gasteiger partial charge in [-0.3, -0.25) is 4.79 Å². The standard InChI is InChI=1S/C12H6BrCl2NO3S/c13-6-1-2-20-10(6)11(17)16-9-7(14)3-5(12(18)19)4-8(9)15/h1-4H,(H,16,17)(H,18,19). The molecule has 0 saturated heterocycles. The van der Waals surface area contributed by atoms with Crippen LogP contribution in [0.1, 0.15) is 20.0 Å². The molecule has 0 aliphatic heterocycles. The van der Waals surface area contributed by atoms with E-state index in [1.54, 1.807) is 11.4 Å². The molecule has 2 rings (SSSR count). The van der Waals surface area contributed by atoms with Crippen LogP contribution in [0.15, 0.2) is 28.1 Å². The third-order valence-corrected chi connectivity index (χ3v) is 4.78. The minimum atomic E-state index is -1.15. The number of thiophene rings is 1. The summed E-state index contributed by atoms with van der Waals surface area (Å²) in [5, 5.41) is 13.3. The second kappa shape index (κ2) is 6.13. The van der Waals surface area contributed by atoms with E-state index in [2.05, 4.69) is 21.2 Å². The highest BCUT2D eigenvalue weighted by atomic mass is 79.9.